The molecule has 0 aromatic heterocycles. The summed E-state index contributed by atoms with van der Waals surface area (Å²) in [6.07, 6.45) is 0.344. The monoisotopic (exact) mass is 255 g/mol. The molecule has 0 bridgehead atoms. The van der Waals surface area contributed by atoms with E-state index in [0.717, 1.165) is 0 Å². The summed E-state index contributed by atoms with van der Waals surface area (Å²) < 4.78 is 4.96. The third kappa shape index (κ3) is 4.44. The van der Waals surface area contributed by atoms with Gasteiger partial charge in [0.05, 0.1) is 6.54 Å². The zero-order chi connectivity index (χ0) is 12.8. The summed E-state index contributed by atoms with van der Waals surface area (Å²) in [5, 5.41) is 0.604. The zero-order valence-corrected chi connectivity index (χ0v) is 10.5. The van der Waals surface area contributed by atoms with Crippen LogP contribution < -0.4 is 4.90 Å². The topological polar surface area (TPSA) is 46.6 Å². The number of carbonyl (C=O) groups excluding carboxylic acids is 2. The van der Waals surface area contributed by atoms with Crippen LogP contribution >= 0.6 is 11.6 Å². The number of halogens is 1. The van der Waals surface area contributed by atoms with Crippen molar-refractivity contribution in [3.05, 3.63) is 29.3 Å². The minimum absolute atomic E-state index is 0.310. The highest BCUT2D eigenvalue weighted by Crippen LogP contribution is 2.17. The summed E-state index contributed by atoms with van der Waals surface area (Å²) in [6, 6.07) is 6.86. The Labute approximate surface area is 105 Å². The molecular weight excluding hydrogens is 242 g/mol. The Balaban J connectivity index is 2.68. The van der Waals surface area contributed by atoms with Crippen LogP contribution in [0, 0.1) is 0 Å². The van der Waals surface area contributed by atoms with E-state index in [1.54, 1.807) is 31.2 Å². The van der Waals surface area contributed by atoms with Crippen LogP contribution in [0.1, 0.15) is 13.8 Å². The fraction of sp³-hybridized carbons (Fsp3) is 0.333. The third-order valence-electron chi connectivity index (χ3n) is 2.11. The molecule has 17 heavy (non-hydrogen) atoms. The van der Waals surface area contributed by atoms with Gasteiger partial charge in [0.15, 0.2) is 0 Å². The van der Waals surface area contributed by atoms with Crippen LogP contribution in [0.2, 0.25) is 5.02 Å². The van der Waals surface area contributed by atoms with Gasteiger partial charge >= 0.3 is 5.97 Å². The Morgan fingerprint density at radius 3 is 2.53 bits per heavy atom. The first-order valence-electron chi connectivity index (χ1n) is 5.17. The number of benzene rings is 1. The lowest BCUT2D eigenvalue weighted by Gasteiger charge is -2.21. The highest BCUT2D eigenvalue weighted by molar-refractivity contribution is 6.30. The molecule has 1 atom stereocenters. The van der Waals surface area contributed by atoms with Crippen LogP contribution in [0.4, 0.5) is 5.69 Å². The molecule has 1 aromatic rings. The second-order valence-electron chi connectivity index (χ2n) is 3.65. The number of nitrogens with zero attached hydrogens (tertiary/aromatic N) is 1. The lowest BCUT2D eigenvalue weighted by Crippen LogP contribution is -2.32. The number of rotatable bonds is 5. The molecule has 0 saturated carbocycles. The average Bonchev–Trinajstić information content (AvgIpc) is 2.26. The minimum Gasteiger partial charge on any atom is -0.461 e. The Morgan fingerprint density at radius 2 is 2.06 bits per heavy atom. The molecule has 0 radical (unpaired) electrons. The van der Waals surface area contributed by atoms with Gasteiger partial charge in [-0.05, 0) is 31.2 Å². The lowest BCUT2D eigenvalue weighted by atomic mass is 10.2. The SMILES string of the molecule is CC(=O)OC(C)CN(C=O)c1ccc(Cl)cc1. The smallest absolute Gasteiger partial charge is 0.302 e. The predicted molar refractivity (Wildman–Crippen MR) is 66.1 cm³/mol. The van der Waals surface area contributed by atoms with E-state index in [1.807, 2.05) is 0 Å². The second kappa shape index (κ2) is 6.25. The molecule has 5 heteroatoms. The van der Waals surface area contributed by atoms with Gasteiger partial charge < -0.3 is 9.64 Å². The molecule has 0 saturated heterocycles. The van der Waals surface area contributed by atoms with Gasteiger partial charge in [-0.2, -0.15) is 0 Å². The van der Waals surface area contributed by atoms with E-state index in [4.69, 9.17) is 16.3 Å². The number of ether oxygens (including phenoxy) is 1. The van der Waals surface area contributed by atoms with Crippen molar-refractivity contribution >= 4 is 29.7 Å². The van der Waals surface area contributed by atoms with Crippen LogP contribution in [0.15, 0.2) is 24.3 Å². The number of hydrogen-bond acceptors (Lipinski definition) is 3. The van der Waals surface area contributed by atoms with Crippen molar-refractivity contribution in [3.8, 4) is 0 Å². The van der Waals surface area contributed by atoms with Crippen molar-refractivity contribution in [3.63, 3.8) is 0 Å². The molecule has 1 rings (SSSR count). The molecule has 0 N–H and O–H groups in total. The van der Waals surface area contributed by atoms with Crippen molar-refractivity contribution in [2.24, 2.45) is 0 Å². The van der Waals surface area contributed by atoms with Crippen LogP contribution in [0.3, 0.4) is 0 Å². The summed E-state index contributed by atoms with van der Waals surface area (Å²) in [5.74, 6) is -0.362. The molecule has 92 valence electrons. The van der Waals surface area contributed by atoms with Crippen molar-refractivity contribution in [2.45, 2.75) is 20.0 Å². The van der Waals surface area contributed by atoms with Gasteiger partial charge in [0.2, 0.25) is 6.41 Å². The van der Waals surface area contributed by atoms with E-state index in [1.165, 1.54) is 11.8 Å². The first-order chi connectivity index (χ1) is 8.02. The number of esters is 1. The van der Waals surface area contributed by atoms with E-state index in [9.17, 15) is 9.59 Å². The van der Waals surface area contributed by atoms with Gasteiger partial charge in [-0.15, -0.1) is 0 Å². The normalized spacial score (nSPS) is 11.7. The predicted octanol–water partition coefficient (Wildman–Crippen LogP) is 2.25. The maximum Gasteiger partial charge on any atom is 0.302 e. The van der Waals surface area contributed by atoms with Gasteiger partial charge in [-0.3, -0.25) is 9.59 Å². The van der Waals surface area contributed by atoms with E-state index in [0.29, 0.717) is 23.7 Å². The van der Waals surface area contributed by atoms with Crippen LogP contribution in [-0.2, 0) is 14.3 Å². The van der Waals surface area contributed by atoms with Gasteiger partial charge in [0, 0.05) is 17.6 Å². The molecule has 0 heterocycles. The van der Waals surface area contributed by atoms with Crippen molar-refractivity contribution in [2.75, 3.05) is 11.4 Å². The molecule has 1 unspecified atom stereocenters. The summed E-state index contributed by atoms with van der Waals surface area (Å²) in [4.78, 5) is 23.2. The summed E-state index contributed by atoms with van der Waals surface area (Å²) >= 11 is 5.76. The first kappa shape index (κ1) is 13.5. The van der Waals surface area contributed by atoms with Crippen LogP contribution in [-0.4, -0.2) is 25.0 Å². The quantitative estimate of drug-likeness (QED) is 0.599. The van der Waals surface area contributed by atoms with Crippen LogP contribution in [0.5, 0.6) is 0 Å². The minimum atomic E-state index is -0.362. The van der Waals surface area contributed by atoms with Gasteiger partial charge in [0.25, 0.3) is 0 Å². The van der Waals surface area contributed by atoms with Gasteiger partial charge in [-0.1, -0.05) is 11.6 Å². The number of hydrogen-bond donors (Lipinski definition) is 0. The van der Waals surface area contributed by atoms with E-state index < -0.39 is 0 Å². The molecule has 1 amide bonds. The average molecular weight is 256 g/mol. The van der Waals surface area contributed by atoms with Gasteiger partial charge in [-0.25, -0.2) is 0 Å². The molecule has 4 nitrogen and oxygen atoms in total. The maximum absolute atomic E-state index is 11.0. The van der Waals surface area contributed by atoms with Crippen LogP contribution in [0.25, 0.3) is 0 Å². The highest BCUT2D eigenvalue weighted by Gasteiger charge is 2.12. The molecule has 0 aliphatic heterocycles. The van der Waals surface area contributed by atoms with Crippen molar-refractivity contribution in [1.82, 2.24) is 0 Å². The molecule has 1 aromatic carbocycles. The highest BCUT2D eigenvalue weighted by atomic mass is 35.5. The van der Waals surface area contributed by atoms with Gasteiger partial charge in [0.1, 0.15) is 6.10 Å². The second-order valence-corrected chi connectivity index (χ2v) is 4.09. The number of anilines is 1. The Hall–Kier alpha value is -1.55. The summed E-state index contributed by atoms with van der Waals surface area (Å²) in [7, 11) is 0. The maximum atomic E-state index is 11.0. The molecule has 0 fully saturated rings. The largest absolute Gasteiger partial charge is 0.461 e. The van der Waals surface area contributed by atoms with E-state index >= 15 is 0 Å². The zero-order valence-electron chi connectivity index (χ0n) is 9.72. The molecule has 0 spiro atoms. The lowest BCUT2D eigenvalue weighted by molar-refractivity contribution is -0.145. The number of amides is 1. The van der Waals surface area contributed by atoms with Crippen molar-refractivity contribution in [1.29, 1.82) is 0 Å². The Kier molecular flexibility index (Phi) is 4.97. The molecule has 0 aliphatic carbocycles. The third-order valence-corrected chi connectivity index (χ3v) is 2.36. The Bertz CT molecular complexity index is 391. The van der Waals surface area contributed by atoms with E-state index in [2.05, 4.69) is 0 Å². The first-order valence-corrected chi connectivity index (χ1v) is 5.55. The summed E-state index contributed by atoms with van der Waals surface area (Å²) in [6.45, 7) is 3.38. The fourth-order valence-electron chi connectivity index (χ4n) is 1.44. The molecule has 0 aliphatic rings. The molecular formula is C12H14ClNO3. The number of carbonyl (C=O) groups is 2. The fourth-order valence-corrected chi connectivity index (χ4v) is 1.57. The van der Waals surface area contributed by atoms with Crippen molar-refractivity contribution < 1.29 is 14.3 Å². The standard InChI is InChI=1S/C12H14ClNO3/c1-9(17-10(2)16)7-14(8-15)12-5-3-11(13)4-6-12/h3-6,8-9H,7H2,1-2H3. The summed E-state index contributed by atoms with van der Waals surface area (Å²) in [5.41, 5.74) is 0.711. The Morgan fingerprint density at radius 1 is 1.47 bits per heavy atom. The van der Waals surface area contributed by atoms with E-state index in [-0.39, 0.29) is 12.1 Å².